The van der Waals surface area contributed by atoms with Gasteiger partial charge in [0.15, 0.2) is 11.6 Å². The Labute approximate surface area is 185 Å². The fraction of sp³-hybridized carbons (Fsp3) is 0.348. The highest BCUT2D eigenvalue weighted by Crippen LogP contribution is 2.31. The van der Waals surface area contributed by atoms with Crippen LogP contribution in [0.15, 0.2) is 36.4 Å². The van der Waals surface area contributed by atoms with Crippen molar-refractivity contribution in [1.82, 2.24) is 14.8 Å². The summed E-state index contributed by atoms with van der Waals surface area (Å²) in [4.78, 5) is 17.1. The summed E-state index contributed by atoms with van der Waals surface area (Å²) >= 11 is 0. The molecule has 0 aliphatic rings. The number of hydrogen-bond donors (Lipinski definition) is 2. The Balaban J connectivity index is 2.04. The van der Waals surface area contributed by atoms with E-state index < -0.39 is 23.5 Å². The number of carbonyl (C=O) groups is 1. The van der Waals surface area contributed by atoms with Crippen LogP contribution in [-0.4, -0.2) is 38.1 Å². The number of hydrogen-bond acceptors (Lipinski definition) is 5. The molecule has 1 amide bonds. The number of aliphatic hydroxyl groups is 1. The smallest absolute Gasteiger partial charge is 0.259 e. The van der Waals surface area contributed by atoms with Crippen molar-refractivity contribution in [2.75, 3.05) is 11.9 Å². The Bertz CT molecular complexity index is 1140. The highest BCUT2D eigenvalue weighted by atomic mass is 19.1. The average Bonchev–Trinajstić information content (AvgIpc) is 3.09. The Kier molecular flexibility index (Phi) is 6.59. The van der Waals surface area contributed by atoms with E-state index in [-0.39, 0.29) is 35.1 Å². The molecule has 9 heteroatoms. The maximum Gasteiger partial charge on any atom is 0.259 e. The van der Waals surface area contributed by atoms with Gasteiger partial charge in [-0.2, -0.15) is 5.10 Å². The number of anilines is 1. The normalized spacial score (nSPS) is 12.5. The van der Waals surface area contributed by atoms with E-state index in [1.165, 1.54) is 31.5 Å². The number of amides is 1. The molecule has 0 saturated carbocycles. The molecule has 32 heavy (non-hydrogen) atoms. The van der Waals surface area contributed by atoms with Crippen molar-refractivity contribution in [2.24, 2.45) is 7.05 Å². The van der Waals surface area contributed by atoms with Crippen molar-refractivity contribution in [3.8, 4) is 17.1 Å². The predicted octanol–water partition coefficient (Wildman–Crippen LogP) is 4.36. The molecule has 0 fully saturated rings. The molecule has 0 spiro atoms. The predicted molar refractivity (Wildman–Crippen MR) is 117 cm³/mol. The van der Waals surface area contributed by atoms with E-state index >= 15 is 4.39 Å². The minimum absolute atomic E-state index is 0.00995. The summed E-state index contributed by atoms with van der Waals surface area (Å²) in [6.45, 7) is 5.66. The van der Waals surface area contributed by atoms with E-state index in [1.807, 2.05) is 19.1 Å². The van der Waals surface area contributed by atoms with E-state index in [4.69, 9.17) is 4.74 Å². The number of para-hydroxylation sites is 1. The number of benzene rings is 2. The number of halogens is 2. The number of carbonyl (C=O) groups excluding carboxylic acids is 1. The number of nitrogens with zero attached hydrogens (tertiary/aromatic N) is 3. The van der Waals surface area contributed by atoms with Gasteiger partial charge in [-0.25, -0.2) is 13.8 Å². The van der Waals surface area contributed by atoms with Crippen LogP contribution in [0.3, 0.4) is 0 Å². The SMILES string of the molecule is Cc1ccccc1NC(=O)c1cc(F)c(-c2nc(C(C)O)n(C)n2)cc1OCC(C)(C)F. The van der Waals surface area contributed by atoms with Crippen LogP contribution in [0.25, 0.3) is 11.4 Å². The van der Waals surface area contributed by atoms with Crippen LogP contribution in [0, 0.1) is 12.7 Å². The van der Waals surface area contributed by atoms with Gasteiger partial charge in [0.05, 0.1) is 11.1 Å². The first-order valence-corrected chi connectivity index (χ1v) is 10.1. The van der Waals surface area contributed by atoms with E-state index in [0.29, 0.717) is 5.69 Å². The largest absolute Gasteiger partial charge is 0.489 e. The lowest BCUT2D eigenvalue weighted by Gasteiger charge is -2.18. The molecule has 3 rings (SSSR count). The third-order valence-electron chi connectivity index (χ3n) is 4.69. The lowest BCUT2D eigenvalue weighted by molar-refractivity contribution is 0.0999. The van der Waals surface area contributed by atoms with E-state index in [0.717, 1.165) is 11.6 Å². The second kappa shape index (κ2) is 9.04. The molecule has 2 N–H and O–H groups in total. The highest BCUT2D eigenvalue weighted by Gasteiger charge is 2.24. The summed E-state index contributed by atoms with van der Waals surface area (Å²) in [6.07, 6.45) is -0.911. The molecule has 2 aromatic carbocycles. The van der Waals surface area contributed by atoms with E-state index in [2.05, 4.69) is 15.4 Å². The van der Waals surface area contributed by atoms with Gasteiger partial charge < -0.3 is 15.2 Å². The second-order valence-corrected chi connectivity index (χ2v) is 8.20. The first-order valence-electron chi connectivity index (χ1n) is 10.1. The quantitative estimate of drug-likeness (QED) is 0.565. The first kappa shape index (κ1) is 23.3. The summed E-state index contributed by atoms with van der Waals surface area (Å²) < 4.78 is 36.1. The highest BCUT2D eigenvalue weighted by molar-refractivity contribution is 6.07. The third-order valence-corrected chi connectivity index (χ3v) is 4.69. The molecular formula is C23H26F2N4O3. The van der Waals surface area contributed by atoms with Gasteiger partial charge in [0, 0.05) is 12.7 Å². The molecule has 0 aliphatic carbocycles. The Hall–Kier alpha value is -3.33. The van der Waals surface area contributed by atoms with Crippen molar-refractivity contribution < 1.29 is 23.4 Å². The van der Waals surface area contributed by atoms with Gasteiger partial charge in [0.1, 0.15) is 29.9 Å². The maximum absolute atomic E-state index is 15.0. The second-order valence-electron chi connectivity index (χ2n) is 8.20. The Morgan fingerprint density at radius 3 is 2.59 bits per heavy atom. The number of ether oxygens (including phenoxy) is 1. The lowest BCUT2D eigenvalue weighted by Crippen LogP contribution is -2.24. The molecule has 1 unspecified atom stereocenters. The Morgan fingerprint density at radius 1 is 1.31 bits per heavy atom. The van der Waals surface area contributed by atoms with Crippen molar-refractivity contribution >= 4 is 11.6 Å². The molecule has 0 bridgehead atoms. The molecule has 0 radical (unpaired) electrons. The molecule has 7 nitrogen and oxygen atoms in total. The molecular weight excluding hydrogens is 418 g/mol. The summed E-state index contributed by atoms with van der Waals surface area (Å²) in [5.41, 5.74) is -0.418. The third kappa shape index (κ3) is 5.28. The van der Waals surface area contributed by atoms with Gasteiger partial charge in [0.25, 0.3) is 5.91 Å². The molecule has 1 aromatic heterocycles. The van der Waals surface area contributed by atoms with Crippen LogP contribution in [-0.2, 0) is 7.05 Å². The summed E-state index contributed by atoms with van der Waals surface area (Å²) in [7, 11) is 1.57. The molecule has 170 valence electrons. The number of rotatable bonds is 7. The van der Waals surface area contributed by atoms with E-state index in [1.54, 1.807) is 19.2 Å². The van der Waals surface area contributed by atoms with Crippen LogP contribution in [0.5, 0.6) is 5.75 Å². The van der Waals surface area contributed by atoms with Gasteiger partial charge in [0.2, 0.25) is 0 Å². The zero-order valence-electron chi connectivity index (χ0n) is 18.6. The first-order chi connectivity index (χ1) is 15.0. The van der Waals surface area contributed by atoms with Gasteiger partial charge >= 0.3 is 0 Å². The molecule has 1 atom stereocenters. The minimum Gasteiger partial charge on any atom is -0.489 e. The molecule has 3 aromatic rings. The maximum atomic E-state index is 15.0. The lowest BCUT2D eigenvalue weighted by atomic mass is 10.1. The zero-order chi connectivity index (χ0) is 23.6. The zero-order valence-corrected chi connectivity index (χ0v) is 18.6. The fourth-order valence-electron chi connectivity index (χ4n) is 3.05. The van der Waals surface area contributed by atoms with Crippen molar-refractivity contribution in [1.29, 1.82) is 0 Å². The standard InChI is InChI=1S/C23H26F2N4O3/c1-13-8-6-7-9-18(13)26-22(31)16-10-17(24)15(11-19(16)32-12-23(3,4)25)20-27-21(14(2)30)29(5)28-20/h6-11,14,30H,12H2,1-5H3,(H,26,31). The number of alkyl halides is 1. The topological polar surface area (TPSA) is 89.3 Å². The monoisotopic (exact) mass is 444 g/mol. The van der Waals surface area contributed by atoms with Crippen molar-refractivity contribution in [2.45, 2.75) is 39.5 Å². The fourth-order valence-corrected chi connectivity index (χ4v) is 3.05. The number of aryl methyl sites for hydroxylation is 2. The van der Waals surface area contributed by atoms with Gasteiger partial charge in [-0.1, -0.05) is 18.2 Å². The number of aliphatic hydroxyl groups excluding tert-OH is 1. The number of nitrogens with one attached hydrogen (secondary N) is 1. The van der Waals surface area contributed by atoms with Crippen LogP contribution < -0.4 is 10.1 Å². The average molecular weight is 444 g/mol. The van der Waals surface area contributed by atoms with Crippen LogP contribution in [0.2, 0.25) is 0 Å². The molecule has 0 saturated heterocycles. The van der Waals surface area contributed by atoms with Crippen LogP contribution in [0.1, 0.15) is 48.6 Å². The summed E-state index contributed by atoms with van der Waals surface area (Å²) in [5.74, 6) is -1.11. The molecule has 0 aliphatic heterocycles. The minimum atomic E-state index is -1.68. The van der Waals surface area contributed by atoms with E-state index in [9.17, 15) is 14.3 Å². The molecule has 1 heterocycles. The van der Waals surface area contributed by atoms with Crippen molar-refractivity contribution in [3.05, 3.63) is 59.2 Å². The summed E-state index contributed by atoms with van der Waals surface area (Å²) in [6, 6.07) is 9.44. The summed E-state index contributed by atoms with van der Waals surface area (Å²) in [5, 5.41) is 16.7. The van der Waals surface area contributed by atoms with Gasteiger partial charge in [-0.3, -0.25) is 9.48 Å². The van der Waals surface area contributed by atoms with Crippen LogP contribution >= 0.6 is 0 Å². The van der Waals surface area contributed by atoms with Crippen LogP contribution in [0.4, 0.5) is 14.5 Å². The van der Waals surface area contributed by atoms with Crippen molar-refractivity contribution in [3.63, 3.8) is 0 Å². The van der Waals surface area contributed by atoms with Gasteiger partial charge in [-0.15, -0.1) is 0 Å². The number of aromatic nitrogens is 3. The Morgan fingerprint density at radius 2 is 2.00 bits per heavy atom. The van der Waals surface area contributed by atoms with Gasteiger partial charge in [-0.05, 0) is 51.5 Å².